The molecule has 0 spiro atoms. The Morgan fingerprint density at radius 2 is 1.13 bits per heavy atom. The quantitative estimate of drug-likeness (QED) is 0.167. The predicted molar refractivity (Wildman–Crippen MR) is 209 cm³/mol. The largest absolute Gasteiger partial charge is 0.332 e. The van der Waals surface area contributed by atoms with E-state index >= 15 is 0 Å². The first-order valence-electron chi connectivity index (χ1n) is 18.2. The molecule has 1 aromatic carbocycles. The Morgan fingerprint density at radius 1 is 0.545 bits per heavy atom. The first kappa shape index (κ1) is 33.7. The van der Waals surface area contributed by atoms with Crippen LogP contribution in [0.2, 0.25) is 0 Å². The van der Waals surface area contributed by atoms with Crippen molar-refractivity contribution in [1.29, 1.82) is 0 Å². The highest BCUT2D eigenvalue weighted by Gasteiger charge is 2.32. The fourth-order valence-electron chi connectivity index (χ4n) is 7.32. The molecule has 2 aliphatic rings. The van der Waals surface area contributed by atoms with Gasteiger partial charge in [-0.15, -0.1) is 0 Å². The molecule has 55 heavy (non-hydrogen) atoms. The Kier molecular flexibility index (Phi) is 9.01. The van der Waals surface area contributed by atoms with E-state index in [1.807, 2.05) is 105 Å². The van der Waals surface area contributed by atoms with Crippen molar-refractivity contribution < 1.29 is 9.59 Å². The number of fused-ring (bicyclic) bond motifs is 4. The number of rotatable bonds is 8. The summed E-state index contributed by atoms with van der Waals surface area (Å²) in [5.41, 5.74) is 11.2. The number of pyridine rings is 6. The predicted octanol–water partition coefficient (Wildman–Crippen LogP) is 6.88. The van der Waals surface area contributed by atoms with Gasteiger partial charge in [0.25, 0.3) is 11.8 Å². The van der Waals surface area contributed by atoms with Crippen LogP contribution in [-0.2, 0) is 25.9 Å². The van der Waals surface area contributed by atoms with Gasteiger partial charge in [0, 0.05) is 111 Å². The minimum absolute atomic E-state index is 0.00769. The van der Waals surface area contributed by atoms with Crippen LogP contribution in [0.4, 0.5) is 0 Å². The maximum atomic E-state index is 12.8. The number of aromatic nitrogens is 7. The van der Waals surface area contributed by atoms with Crippen molar-refractivity contribution in [2.45, 2.75) is 25.9 Å². The third-order valence-corrected chi connectivity index (χ3v) is 10.1. The molecule has 0 unspecified atom stereocenters. The van der Waals surface area contributed by atoms with Crippen LogP contribution in [0.3, 0.4) is 0 Å². The van der Waals surface area contributed by atoms with Gasteiger partial charge in [-0.1, -0.05) is 30.3 Å². The zero-order chi connectivity index (χ0) is 37.1. The summed E-state index contributed by atoms with van der Waals surface area (Å²) in [5.74, 6) is -0.0173. The Balaban J connectivity index is 0.000000144. The van der Waals surface area contributed by atoms with Gasteiger partial charge in [-0.05, 0) is 82.9 Å². The molecule has 0 atom stereocenters. The van der Waals surface area contributed by atoms with Crippen molar-refractivity contribution in [3.8, 4) is 22.3 Å². The summed E-state index contributed by atoms with van der Waals surface area (Å²) >= 11 is 0. The molecule has 10 rings (SSSR count). The minimum Gasteiger partial charge on any atom is -0.332 e. The molecule has 0 saturated heterocycles. The van der Waals surface area contributed by atoms with E-state index in [0.29, 0.717) is 44.0 Å². The molecular weight excluding hydrogens is 687 g/mol. The Labute approximate surface area is 317 Å². The van der Waals surface area contributed by atoms with E-state index in [-0.39, 0.29) is 11.8 Å². The van der Waals surface area contributed by atoms with Gasteiger partial charge < -0.3 is 14.2 Å². The van der Waals surface area contributed by atoms with Gasteiger partial charge in [0.05, 0.1) is 11.2 Å². The fourth-order valence-corrected chi connectivity index (χ4v) is 7.32. The van der Waals surface area contributed by atoms with Gasteiger partial charge in [-0.2, -0.15) is 0 Å². The molecule has 11 nitrogen and oxygen atoms in total. The van der Waals surface area contributed by atoms with Crippen LogP contribution in [0.5, 0.6) is 0 Å². The Bertz CT molecular complexity index is 2650. The molecule has 11 heteroatoms. The normalized spacial score (nSPS) is 13.2. The van der Waals surface area contributed by atoms with Gasteiger partial charge >= 0.3 is 0 Å². The number of carbonyl (C=O) groups excluding carboxylic acids is 2. The highest BCUT2D eigenvalue weighted by atomic mass is 16.2. The maximum absolute atomic E-state index is 12.8. The van der Waals surface area contributed by atoms with Crippen molar-refractivity contribution in [1.82, 2.24) is 44.1 Å². The summed E-state index contributed by atoms with van der Waals surface area (Å²) in [4.78, 5) is 55.5. The average Bonchev–Trinajstić information content (AvgIpc) is 3.92. The van der Waals surface area contributed by atoms with E-state index in [9.17, 15) is 9.59 Å². The molecule has 0 saturated carbocycles. The summed E-state index contributed by atoms with van der Waals surface area (Å²) in [6.07, 6.45) is 15.9. The lowest BCUT2D eigenvalue weighted by molar-refractivity contribution is 0.0768. The second kappa shape index (κ2) is 14.7. The molecule has 0 bridgehead atoms. The molecule has 2 aliphatic heterocycles. The van der Waals surface area contributed by atoms with Crippen LogP contribution in [-0.4, -0.2) is 69.0 Å². The van der Waals surface area contributed by atoms with Gasteiger partial charge in [0.1, 0.15) is 17.0 Å². The van der Waals surface area contributed by atoms with Crippen LogP contribution in [0.15, 0.2) is 141 Å². The fraction of sp³-hybridized carbons (Fsp3) is 0.136. The highest BCUT2D eigenvalue weighted by molar-refractivity contribution is 5.99. The van der Waals surface area contributed by atoms with Gasteiger partial charge in [-0.25, -0.2) is 4.98 Å². The Morgan fingerprint density at radius 3 is 1.75 bits per heavy atom. The first-order valence-corrected chi connectivity index (χ1v) is 18.2. The molecule has 0 N–H and O–H groups in total. The number of nitrogens with zero attached hydrogens (tertiary/aromatic N) is 9. The molecule has 0 fully saturated rings. The molecule has 0 radical (unpaired) electrons. The van der Waals surface area contributed by atoms with E-state index in [1.54, 1.807) is 37.2 Å². The van der Waals surface area contributed by atoms with E-state index < -0.39 is 0 Å². The molecule has 2 amide bonds. The van der Waals surface area contributed by atoms with Crippen molar-refractivity contribution in [3.63, 3.8) is 0 Å². The van der Waals surface area contributed by atoms with E-state index in [2.05, 4.69) is 37.1 Å². The van der Waals surface area contributed by atoms with Crippen LogP contribution in [0.25, 0.3) is 38.8 Å². The second-order valence-electron chi connectivity index (χ2n) is 13.5. The smallest absolute Gasteiger partial charge is 0.273 e. The summed E-state index contributed by atoms with van der Waals surface area (Å²) in [6.45, 7) is 2.39. The lowest BCUT2D eigenvalue weighted by Crippen LogP contribution is -2.26. The zero-order valence-corrected chi connectivity index (χ0v) is 29.9. The summed E-state index contributed by atoms with van der Waals surface area (Å²) in [7, 11) is 0. The summed E-state index contributed by atoms with van der Waals surface area (Å²) in [5, 5.41) is 1.13. The molecule has 9 heterocycles. The average molecular weight is 722 g/mol. The van der Waals surface area contributed by atoms with Crippen molar-refractivity contribution in [3.05, 3.63) is 174 Å². The van der Waals surface area contributed by atoms with Crippen LogP contribution < -0.4 is 0 Å². The van der Waals surface area contributed by atoms with Crippen molar-refractivity contribution in [2.75, 3.05) is 13.1 Å². The molecule has 0 aliphatic carbocycles. The van der Waals surface area contributed by atoms with Crippen molar-refractivity contribution in [2.24, 2.45) is 0 Å². The van der Waals surface area contributed by atoms with Gasteiger partial charge in [0.15, 0.2) is 0 Å². The molecular formula is C44H35N9O2. The second-order valence-corrected chi connectivity index (χ2v) is 13.5. The molecule has 7 aromatic heterocycles. The number of imidazole rings is 1. The molecule has 268 valence electrons. The minimum atomic E-state index is -0.00956. The monoisotopic (exact) mass is 721 g/mol. The lowest BCUT2D eigenvalue weighted by Gasteiger charge is -2.15. The summed E-state index contributed by atoms with van der Waals surface area (Å²) < 4.78 is 2.00. The van der Waals surface area contributed by atoms with Gasteiger partial charge in [-0.3, -0.25) is 34.5 Å². The third-order valence-electron chi connectivity index (χ3n) is 10.1. The zero-order valence-electron chi connectivity index (χ0n) is 29.9. The SMILES string of the molecule is O=C1c2nccc(-c3ccncc3)c2CN1CCc1ccc2ccccc2n1.O=C1c2nccc(-c3ccncc3)c2CN1CCc1cn2ccccc2n1. The van der Waals surface area contributed by atoms with Gasteiger partial charge in [0.2, 0.25) is 0 Å². The number of carbonyl (C=O) groups is 2. The number of hydrogen-bond acceptors (Lipinski definition) is 8. The third kappa shape index (κ3) is 6.79. The highest BCUT2D eigenvalue weighted by Crippen LogP contribution is 2.32. The van der Waals surface area contributed by atoms with Crippen LogP contribution in [0, 0.1) is 0 Å². The van der Waals surface area contributed by atoms with Crippen LogP contribution in [0.1, 0.15) is 43.5 Å². The van der Waals surface area contributed by atoms with E-state index in [1.165, 1.54) is 0 Å². The first-order chi connectivity index (χ1) is 27.1. The number of amides is 2. The molecule has 8 aromatic rings. The number of hydrogen-bond donors (Lipinski definition) is 0. The van der Waals surface area contributed by atoms with Crippen LogP contribution >= 0.6 is 0 Å². The topological polar surface area (TPSA) is 122 Å². The van der Waals surface area contributed by atoms with Crippen molar-refractivity contribution >= 4 is 28.4 Å². The Hall–Kier alpha value is -7.14. The van der Waals surface area contributed by atoms with E-state index in [0.717, 1.165) is 67.7 Å². The maximum Gasteiger partial charge on any atom is 0.273 e. The summed E-state index contributed by atoms with van der Waals surface area (Å²) in [6, 6.07) is 29.9. The number of para-hydroxylation sites is 1. The standard InChI is InChI=1S/C23H18N4O.C21H17N5O/c28-23-22-20(19(9-13-25-22)16-7-11-24-12-8-16)15-27(23)14-10-18-6-5-17-3-1-2-4-21(17)26-18;27-21-20-18(17(6-10-23-20)15-4-8-22-9-5-15)14-26(21)12-7-16-13-25-11-2-1-3-19(25)24-16/h1-9,11-13H,10,14-15H2;1-6,8-11,13H,7,12,14H2. The number of benzene rings is 1. The lowest BCUT2D eigenvalue weighted by atomic mass is 10.0. The van der Waals surface area contributed by atoms with E-state index in [4.69, 9.17) is 4.98 Å².